The highest BCUT2D eigenvalue weighted by Crippen LogP contribution is 2.27. The molecule has 6 atom stereocenters. The largest absolute Gasteiger partial charge is 0.462 e. The van der Waals surface area contributed by atoms with E-state index in [-0.39, 0.29) is 0 Å². The van der Waals surface area contributed by atoms with Gasteiger partial charge in [0.05, 0.1) is 5.92 Å². The Morgan fingerprint density at radius 3 is 2.41 bits per heavy atom. The van der Waals surface area contributed by atoms with Gasteiger partial charge in [-0.25, -0.2) is 4.39 Å². The Morgan fingerprint density at radius 1 is 1.07 bits per heavy atom. The van der Waals surface area contributed by atoms with E-state index in [0.717, 1.165) is 5.56 Å². The topological polar surface area (TPSA) is 116 Å². The van der Waals surface area contributed by atoms with Crippen molar-refractivity contribution < 1.29 is 39.1 Å². The predicted octanol–water partition coefficient (Wildman–Crippen LogP) is 0.939. The fourth-order valence-corrected chi connectivity index (χ4v) is 3.15. The van der Waals surface area contributed by atoms with E-state index in [2.05, 4.69) is 0 Å². The lowest BCUT2D eigenvalue weighted by Crippen LogP contribution is -2.58. The molecule has 1 fully saturated rings. The highest BCUT2D eigenvalue weighted by atomic mass is 19.1. The van der Waals surface area contributed by atoms with Crippen LogP contribution in [-0.4, -0.2) is 63.7 Å². The van der Waals surface area contributed by atoms with Crippen molar-refractivity contribution in [1.29, 1.82) is 0 Å². The Balaban J connectivity index is 1.64. The lowest BCUT2D eigenvalue weighted by atomic mass is 9.97. The van der Waals surface area contributed by atoms with E-state index in [1.54, 1.807) is 43.3 Å². The van der Waals surface area contributed by atoms with Crippen molar-refractivity contribution >= 4 is 5.97 Å². The SMILES string of the molecule is CC(C(=O)OCC1O[C@H](O)C(O)[C@@H](O)[C@H]1O)c1ccc(-c2ccccc2)c(F)c1. The van der Waals surface area contributed by atoms with Gasteiger partial charge in [-0.2, -0.15) is 0 Å². The molecule has 0 spiro atoms. The van der Waals surface area contributed by atoms with E-state index < -0.39 is 55.0 Å². The van der Waals surface area contributed by atoms with Gasteiger partial charge >= 0.3 is 5.97 Å². The van der Waals surface area contributed by atoms with Crippen LogP contribution in [-0.2, 0) is 14.3 Å². The van der Waals surface area contributed by atoms with Crippen LogP contribution in [0.4, 0.5) is 4.39 Å². The van der Waals surface area contributed by atoms with Gasteiger partial charge in [0.2, 0.25) is 0 Å². The van der Waals surface area contributed by atoms with E-state index in [1.165, 1.54) is 6.07 Å². The van der Waals surface area contributed by atoms with Crippen molar-refractivity contribution in [1.82, 2.24) is 0 Å². The van der Waals surface area contributed by atoms with Gasteiger partial charge in [0.15, 0.2) is 6.29 Å². The fraction of sp³-hybridized carbons (Fsp3) is 0.381. The Bertz CT molecular complexity index is 844. The van der Waals surface area contributed by atoms with Gasteiger partial charge in [-0.3, -0.25) is 4.79 Å². The number of hydrogen-bond acceptors (Lipinski definition) is 7. The highest BCUT2D eigenvalue weighted by Gasteiger charge is 2.43. The summed E-state index contributed by atoms with van der Waals surface area (Å²) in [5.74, 6) is -1.96. The zero-order valence-corrected chi connectivity index (χ0v) is 15.7. The molecule has 2 aromatic carbocycles. The van der Waals surface area contributed by atoms with E-state index in [9.17, 15) is 29.6 Å². The van der Waals surface area contributed by atoms with E-state index >= 15 is 0 Å². The molecule has 29 heavy (non-hydrogen) atoms. The Labute approximate surface area is 166 Å². The molecule has 7 nitrogen and oxygen atoms in total. The van der Waals surface area contributed by atoms with E-state index in [0.29, 0.717) is 11.1 Å². The highest BCUT2D eigenvalue weighted by molar-refractivity contribution is 5.78. The smallest absolute Gasteiger partial charge is 0.313 e. The first-order valence-electron chi connectivity index (χ1n) is 9.19. The summed E-state index contributed by atoms with van der Waals surface area (Å²) in [7, 11) is 0. The molecular formula is C21H23FO7. The molecule has 0 saturated carbocycles. The molecular weight excluding hydrogens is 383 g/mol. The maximum atomic E-state index is 14.5. The summed E-state index contributed by atoms with van der Waals surface area (Å²) < 4.78 is 24.6. The van der Waals surface area contributed by atoms with Gasteiger partial charge in [-0.05, 0) is 24.1 Å². The number of halogens is 1. The molecule has 0 bridgehead atoms. The molecule has 156 valence electrons. The van der Waals surface area contributed by atoms with Gasteiger partial charge in [-0.15, -0.1) is 0 Å². The van der Waals surface area contributed by atoms with Crippen molar-refractivity contribution in [3.05, 3.63) is 59.9 Å². The second-order valence-electron chi connectivity index (χ2n) is 6.99. The first-order valence-corrected chi connectivity index (χ1v) is 9.19. The van der Waals surface area contributed by atoms with Crippen LogP contribution < -0.4 is 0 Å². The molecule has 1 saturated heterocycles. The zero-order valence-electron chi connectivity index (χ0n) is 15.7. The summed E-state index contributed by atoms with van der Waals surface area (Å²) in [6.07, 6.45) is -7.77. The van der Waals surface area contributed by atoms with E-state index in [4.69, 9.17) is 9.47 Å². The third kappa shape index (κ3) is 4.63. The monoisotopic (exact) mass is 406 g/mol. The molecule has 4 N–H and O–H groups in total. The van der Waals surface area contributed by atoms with Crippen LogP contribution in [0, 0.1) is 5.82 Å². The van der Waals surface area contributed by atoms with Crippen LogP contribution >= 0.6 is 0 Å². The van der Waals surface area contributed by atoms with Gasteiger partial charge in [0.25, 0.3) is 0 Å². The third-order valence-corrected chi connectivity index (χ3v) is 5.01. The lowest BCUT2D eigenvalue weighted by Gasteiger charge is -2.38. The molecule has 1 aliphatic rings. The number of carbonyl (C=O) groups is 1. The van der Waals surface area contributed by atoms with E-state index in [1.807, 2.05) is 6.07 Å². The first kappa shape index (κ1) is 21.4. The molecule has 0 amide bonds. The number of aliphatic hydroxyl groups excluding tert-OH is 4. The summed E-state index contributed by atoms with van der Waals surface area (Å²) in [5.41, 5.74) is 1.54. The first-order chi connectivity index (χ1) is 13.8. The second kappa shape index (κ2) is 8.98. The van der Waals surface area contributed by atoms with Crippen LogP contribution in [0.3, 0.4) is 0 Å². The Hall–Kier alpha value is -2.36. The van der Waals surface area contributed by atoms with Gasteiger partial charge < -0.3 is 29.9 Å². The van der Waals surface area contributed by atoms with Crippen LogP contribution in [0.25, 0.3) is 11.1 Å². The molecule has 8 heteroatoms. The van der Waals surface area contributed by atoms with Crippen molar-refractivity contribution in [2.24, 2.45) is 0 Å². The minimum absolute atomic E-state index is 0.410. The van der Waals surface area contributed by atoms with Crippen molar-refractivity contribution in [2.75, 3.05) is 6.61 Å². The summed E-state index contributed by atoms with van der Waals surface area (Å²) in [5, 5.41) is 38.5. The number of esters is 1. The molecule has 3 unspecified atom stereocenters. The molecule has 1 aliphatic heterocycles. The molecule has 3 rings (SSSR count). The molecule has 0 radical (unpaired) electrons. The number of hydrogen-bond donors (Lipinski definition) is 4. The van der Waals surface area contributed by atoms with Crippen LogP contribution in [0.1, 0.15) is 18.4 Å². The van der Waals surface area contributed by atoms with Crippen molar-refractivity contribution in [2.45, 2.75) is 43.5 Å². The summed E-state index contributed by atoms with van der Waals surface area (Å²) in [6.45, 7) is 1.10. The van der Waals surface area contributed by atoms with Crippen LogP contribution in [0.2, 0.25) is 0 Å². The maximum absolute atomic E-state index is 14.5. The molecule has 0 aromatic heterocycles. The normalized spacial score (nSPS) is 28.0. The zero-order chi connectivity index (χ0) is 21.1. The number of aliphatic hydroxyl groups is 4. The Kier molecular flexibility index (Phi) is 6.61. The maximum Gasteiger partial charge on any atom is 0.313 e. The van der Waals surface area contributed by atoms with Crippen molar-refractivity contribution in [3.8, 4) is 11.1 Å². The number of carbonyl (C=O) groups excluding carboxylic acids is 1. The predicted molar refractivity (Wildman–Crippen MR) is 100 cm³/mol. The average Bonchev–Trinajstić information content (AvgIpc) is 2.73. The second-order valence-corrected chi connectivity index (χ2v) is 6.99. The van der Waals surface area contributed by atoms with Crippen LogP contribution in [0.5, 0.6) is 0 Å². The molecule has 1 heterocycles. The quantitative estimate of drug-likeness (QED) is 0.546. The molecule has 0 aliphatic carbocycles. The number of ether oxygens (including phenoxy) is 2. The fourth-order valence-electron chi connectivity index (χ4n) is 3.15. The molecule has 2 aromatic rings. The third-order valence-electron chi connectivity index (χ3n) is 5.01. The minimum atomic E-state index is -1.71. The minimum Gasteiger partial charge on any atom is -0.462 e. The number of benzene rings is 2. The standard InChI is InChI=1S/C21H23FO7/c1-11(13-7-8-14(15(22)9-13)12-5-3-2-4-6-12)20(26)28-10-16-17(23)18(24)19(25)21(27)29-16/h2-9,11,16-19,21,23-25,27H,10H2,1H3/t11?,16?,17-,18-,19?,21-/m0/s1. The van der Waals surface area contributed by atoms with Gasteiger partial charge in [0.1, 0.15) is 36.8 Å². The van der Waals surface area contributed by atoms with Gasteiger partial charge in [-0.1, -0.05) is 42.5 Å². The summed E-state index contributed by atoms with van der Waals surface area (Å²) in [4.78, 5) is 12.3. The van der Waals surface area contributed by atoms with Crippen molar-refractivity contribution in [3.63, 3.8) is 0 Å². The number of rotatable bonds is 5. The summed E-state index contributed by atoms with van der Waals surface area (Å²) in [6, 6.07) is 13.5. The van der Waals surface area contributed by atoms with Gasteiger partial charge in [0, 0.05) is 5.56 Å². The van der Waals surface area contributed by atoms with Crippen LogP contribution in [0.15, 0.2) is 48.5 Å². The Morgan fingerprint density at radius 2 is 1.76 bits per heavy atom. The average molecular weight is 406 g/mol. The lowest BCUT2D eigenvalue weighted by molar-refractivity contribution is -0.287. The summed E-state index contributed by atoms with van der Waals surface area (Å²) >= 11 is 0.